The van der Waals surface area contributed by atoms with E-state index in [-0.39, 0.29) is 5.95 Å². The van der Waals surface area contributed by atoms with E-state index in [2.05, 4.69) is 45.2 Å². The van der Waals surface area contributed by atoms with Gasteiger partial charge in [0.25, 0.3) is 0 Å². The number of nitrogens with one attached hydrogen (secondary N) is 1. The van der Waals surface area contributed by atoms with Crippen LogP contribution in [0.25, 0.3) is 22.3 Å². The molecule has 5 N–H and O–H groups in total. The van der Waals surface area contributed by atoms with Crippen molar-refractivity contribution in [2.45, 2.75) is 75.9 Å². The first-order chi connectivity index (χ1) is 18.6. The standard InChI is InChI=1S/C30H37N7O/c1-38-25-9-5-4-8-24(25)20-12-10-19(11-13-20)18-33-27-26-29(36-30(32)35-27)37(23-6-2-3-7-23)28(34-26)21-14-16-22(31)17-15-21/h4-5,8-13,21-23H,2-3,6-7,14-18,31H2,1H3,(H3,32,33,35,36). The number of nitrogens with two attached hydrogens (primary N) is 2. The Morgan fingerprint density at radius 2 is 1.66 bits per heavy atom. The summed E-state index contributed by atoms with van der Waals surface area (Å²) in [4.78, 5) is 14.5. The molecular weight excluding hydrogens is 474 g/mol. The van der Waals surface area contributed by atoms with E-state index in [1.165, 1.54) is 12.8 Å². The first kappa shape index (κ1) is 24.7. The van der Waals surface area contributed by atoms with Crippen molar-refractivity contribution in [1.29, 1.82) is 0 Å². The second-order valence-electron chi connectivity index (χ2n) is 10.7. The lowest BCUT2D eigenvalue weighted by Gasteiger charge is -2.27. The average Bonchev–Trinajstić information content (AvgIpc) is 3.60. The van der Waals surface area contributed by atoms with Gasteiger partial charge in [0, 0.05) is 30.1 Å². The summed E-state index contributed by atoms with van der Waals surface area (Å²) < 4.78 is 7.93. The third kappa shape index (κ3) is 4.80. The van der Waals surface area contributed by atoms with Gasteiger partial charge in [0.2, 0.25) is 5.95 Å². The van der Waals surface area contributed by atoms with Crippen LogP contribution < -0.4 is 21.5 Å². The lowest BCUT2D eigenvalue weighted by atomic mass is 9.86. The zero-order chi connectivity index (χ0) is 26.1. The number of fused-ring (bicyclic) bond motifs is 1. The molecule has 2 heterocycles. The van der Waals surface area contributed by atoms with E-state index in [0.717, 1.165) is 78.0 Å². The highest BCUT2D eigenvalue weighted by atomic mass is 16.5. The smallest absolute Gasteiger partial charge is 0.224 e. The molecule has 6 rings (SSSR count). The van der Waals surface area contributed by atoms with Crippen LogP contribution in [0.5, 0.6) is 5.75 Å². The Hall–Kier alpha value is -3.65. The first-order valence-electron chi connectivity index (χ1n) is 13.9. The number of ether oxygens (including phenoxy) is 1. The van der Waals surface area contributed by atoms with E-state index in [1.807, 2.05) is 18.2 Å². The second-order valence-corrected chi connectivity index (χ2v) is 10.7. The summed E-state index contributed by atoms with van der Waals surface area (Å²) in [7, 11) is 1.70. The maximum Gasteiger partial charge on any atom is 0.224 e. The highest BCUT2D eigenvalue weighted by molar-refractivity contribution is 5.85. The predicted molar refractivity (Wildman–Crippen MR) is 152 cm³/mol. The van der Waals surface area contributed by atoms with Crippen molar-refractivity contribution in [3.63, 3.8) is 0 Å². The molecule has 8 nitrogen and oxygen atoms in total. The van der Waals surface area contributed by atoms with Gasteiger partial charge in [-0.3, -0.25) is 0 Å². The van der Waals surface area contributed by atoms with Crippen LogP contribution in [-0.2, 0) is 6.54 Å². The highest BCUT2D eigenvalue weighted by Crippen LogP contribution is 2.40. The third-order valence-corrected chi connectivity index (χ3v) is 8.24. The number of aromatic nitrogens is 4. The van der Waals surface area contributed by atoms with E-state index in [0.29, 0.717) is 30.4 Å². The fourth-order valence-electron chi connectivity index (χ4n) is 6.19. The van der Waals surface area contributed by atoms with Gasteiger partial charge < -0.3 is 26.1 Å². The molecule has 2 saturated carbocycles. The summed E-state index contributed by atoms with van der Waals surface area (Å²) in [6, 6.07) is 17.3. The van der Waals surface area contributed by atoms with Gasteiger partial charge in [-0.05, 0) is 55.7 Å². The molecule has 2 fully saturated rings. The molecule has 2 aliphatic rings. The minimum Gasteiger partial charge on any atom is -0.496 e. The molecule has 8 heteroatoms. The van der Waals surface area contributed by atoms with Crippen LogP contribution in [0.4, 0.5) is 11.8 Å². The van der Waals surface area contributed by atoms with E-state index < -0.39 is 0 Å². The van der Waals surface area contributed by atoms with Crippen molar-refractivity contribution < 1.29 is 4.74 Å². The molecule has 0 amide bonds. The van der Waals surface area contributed by atoms with Crippen LogP contribution >= 0.6 is 0 Å². The number of hydrogen-bond acceptors (Lipinski definition) is 7. The quantitative estimate of drug-likeness (QED) is 0.287. The van der Waals surface area contributed by atoms with Crippen LogP contribution in [0.3, 0.4) is 0 Å². The summed E-state index contributed by atoms with van der Waals surface area (Å²) in [6.07, 6.45) is 9.05. The van der Waals surface area contributed by atoms with Gasteiger partial charge in [0.1, 0.15) is 11.6 Å². The van der Waals surface area contributed by atoms with Crippen molar-refractivity contribution in [3.05, 3.63) is 59.9 Å². The molecule has 198 valence electrons. The minimum absolute atomic E-state index is 0.280. The summed E-state index contributed by atoms with van der Waals surface area (Å²) in [5.74, 6) is 3.39. The molecule has 0 spiro atoms. The van der Waals surface area contributed by atoms with Crippen LogP contribution in [0, 0.1) is 0 Å². The molecule has 0 unspecified atom stereocenters. The fourth-order valence-corrected chi connectivity index (χ4v) is 6.19. The van der Waals surface area contributed by atoms with Crippen molar-refractivity contribution in [2.75, 3.05) is 18.2 Å². The number of rotatable bonds is 7. The maximum atomic E-state index is 6.25. The zero-order valence-electron chi connectivity index (χ0n) is 22.1. The molecule has 0 saturated heterocycles. The lowest BCUT2D eigenvalue weighted by molar-refractivity contribution is 0.367. The molecule has 2 aromatic heterocycles. The monoisotopic (exact) mass is 511 g/mol. The molecule has 0 bridgehead atoms. The Balaban J connectivity index is 1.29. The molecule has 2 aromatic carbocycles. The Morgan fingerprint density at radius 1 is 0.921 bits per heavy atom. The highest BCUT2D eigenvalue weighted by Gasteiger charge is 2.31. The number of benzene rings is 2. The van der Waals surface area contributed by atoms with Gasteiger partial charge in [-0.1, -0.05) is 55.3 Å². The van der Waals surface area contributed by atoms with Crippen LogP contribution in [-0.4, -0.2) is 32.7 Å². The Morgan fingerprint density at radius 3 is 2.39 bits per heavy atom. The number of nitrogen functional groups attached to an aromatic ring is 1. The van der Waals surface area contributed by atoms with E-state index >= 15 is 0 Å². The number of imidazole rings is 1. The molecule has 0 aliphatic heterocycles. The number of anilines is 2. The molecular formula is C30H37N7O. The zero-order valence-corrected chi connectivity index (χ0v) is 22.1. The van der Waals surface area contributed by atoms with Crippen molar-refractivity contribution >= 4 is 22.9 Å². The summed E-state index contributed by atoms with van der Waals surface area (Å²) in [6.45, 7) is 0.613. The lowest BCUT2D eigenvalue weighted by Crippen LogP contribution is -2.27. The summed E-state index contributed by atoms with van der Waals surface area (Å²) in [5, 5.41) is 3.52. The van der Waals surface area contributed by atoms with Gasteiger partial charge in [0.15, 0.2) is 17.0 Å². The van der Waals surface area contributed by atoms with Gasteiger partial charge in [-0.25, -0.2) is 4.98 Å². The summed E-state index contributed by atoms with van der Waals surface area (Å²) in [5.41, 5.74) is 17.5. The normalized spacial score (nSPS) is 20.2. The topological polar surface area (TPSA) is 117 Å². The Bertz CT molecular complexity index is 1400. The maximum absolute atomic E-state index is 6.25. The molecule has 0 atom stereocenters. The fraction of sp³-hybridized carbons (Fsp3) is 0.433. The van der Waals surface area contributed by atoms with Crippen molar-refractivity contribution in [3.8, 4) is 16.9 Å². The number of methoxy groups -OCH3 is 1. The molecule has 0 radical (unpaired) electrons. The predicted octanol–water partition coefficient (Wildman–Crippen LogP) is 5.80. The third-order valence-electron chi connectivity index (χ3n) is 8.24. The molecule has 38 heavy (non-hydrogen) atoms. The van der Waals surface area contributed by atoms with E-state index in [9.17, 15) is 0 Å². The summed E-state index contributed by atoms with van der Waals surface area (Å²) >= 11 is 0. The largest absolute Gasteiger partial charge is 0.496 e. The van der Waals surface area contributed by atoms with Gasteiger partial charge in [-0.2, -0.15) is 9.97 Å². The van der Waals surface area contributed by atoms with E-state index in [4.69, 9.17) is 26.2 Å². The second kappa shape index (κ2) is 10.6. The number of nitrogens with zero attached hydrogens (tertiary/aromatic N) is 4. The van der Waals surface area contributed by atoms with E-state index in [1.54, 1.807) is 7.11 Å². The van der Waals surface area contributed by atoms with Gasteiger partial charge >= 0.3 is 0 Å². The van der Waals surface area contributed by atoms with Crippen molar-refractivity contribution in [2.24, 2.45) is 5.73 Å². The Labute approximate surface area is 223 Å². The number of hydrogen-bond donors (Lipinski definition) is 3. The van der Waals surface area contributed by atoms with Crippen LogP contribution in [0.2, 0.25) is 0 Å². The van der Waals surface area contributed by atoms with Crippen LogP contribution in [0.1, 0.15) is 74.7 Å². The van der Waals surface area contributed by atoms with Crippen LogP contribution in [0.15, 0.2) is 48.5 Å². The Kier molecular flexibility index (Phi) is 6.89. The van der Waals surface area contributed by atoms with Gasteiger partial charge in [-0.15, -0.1) is 0 Å². The molecule has 2 aliphatic carbocycles. The van der Waals surface area contributed by atoms with Gasteiger partial charge in [0.05, 0.1) is 7.11 Å². The van der Waals surface area contributed by atoms with Crippen molar-refractivity contribution in [1.82, 2.24) is 19.5 Å². The molecule has 4 aromatic rings. The SMILES string of the molecule is COc1ccccc1-c1ccc(CNc2nc(N)nc3c2nc(C2CCC(N)CC2)n3C2CCCC2)cc1. The first-order valence-corrected chi connectivity index (χ1v) is 13.9. The minimum atomic E-state index is 0.280. The average molecular weight is 512 g/mol. The number of para-hydroxylation sites is 1.